The average Bonchev–Trinajstić information content (AvgIpc) is 3.49. The summed E-state index contributed by atoms with van der Waals surface area (Å²) in [6.45, 7) is 3.10. The zero-order chi connectivity index (χ0) is 26.6. The number of nitrogens with zero attached hydrogens (tertiary/aromatic N) is 4. The Kier molecular flexibility index (Phi) is 6.95. The maximum absolute atomic E-state index is 9.11. The molecule has 2 heterocycles. The maximum Gasteiger partial charge on any atom is 0.0991 e. The van der Waals surface area contributed by atoms with E-state index in [4.69, 9.17) is 5.26 Å². The van der Waals surface area contributed by atoms with Crippen LogP contribution in [0.3, 0.4) is 0 Å². The van der Waals surface area contributed by atoms with E-state index in [1.807, 2.05) is 36.5 Å². The van der Waals surface area contributed by atoms with Gasteiger partial charge in [0.05, 0.1) is 17.1 Å². The molecule has 1 aliphatic rings. The van der Waals surface area contributed by atoms with Crippen LogP contribution in [0.5, 0.6) is 0 Å². The number of pyridine rings is 1. The van der Waals surface area contributed by atoms with Crippen molar-refractivity contribution < 1.29 is 0 Å². The highest BCUT2D eigenvalue weighted by atomic mass is 15.2. The first-order valence-corrected chi connectivity index (χ1v) is 13.4. The molecule has 1 unspecified atom stereocenters. The van der Waals surface area contributed by atoms with Crippen LogP contribution in [0.15, 0.2) is 109 Å². The fraction of sp³-hybridized carbons (Fsp3) is 0.176. The second kappa shape index (κ2) is 11.0. The van der Waals surface area contributed by atoms with Gasteiger partial charge in [0, 0.05) is 54.3 Å². The standard InChI is InChI=1S/C34H31N5/c1-38(23-26-5-3-2-4-6-26)31-18-20-39(24-31)30-14-12-29(13-15-30)37-34-17-19-36-33-16-11-28(21-32(33)34)27-9-7-25(22-35)8-10-27/h2-17,19,21,31H,18,20,23-24H2,1H3,(H,36,37). The van der Waals surface area contributed by atoms with Gasteiger partial charge in [-0.15, -0.1) is 0 Å². The van der Waals surface area contributed by atoms with Gasteiger partial charge in [-0.1, -0.05) is 48.5 Å². The van der Waals surface area contributed by atoms with Gasteiger partial charge in [-0.05, 0) is 84.8 Å². The summed E-state index contributed by atoms with van der Waals surface area (Å²) in [6.07, 6.45) is 3.02. The first kappa shape index (κ1) is 24.7. The summed E-state index contributed by atoms with van der Waals surface area (Å²) in [7, 11) is 2.24. The molecule has 0 bridgehead atoms. The van der Waals surface area contributed by atoms with E-state index >= 15 is 0 Å². The van der Waals surface area contributed by atoms with E-state index < -0.39 is 0 Å². The van der Waals surface area contributed by atoms with Crippen molar-refractivity contribution in [2.45, 2.75) is 19.0 Å². The number of benzene rings is 4. The summed E-state index contributed by atoms with van der Waals surface area (Å²) in [5.41, 5.74) is 8.47. The van der Waals surface area contributed by atoms with E-state index in [1.165, 1.54) is 17.7 Å². The summed E-state index contributed by atoms with van der Waals surface area (Å²) < 4.78 is 0. The van der Waals surface area contributed by atoms with Crippen LogP contribution in [0.2, 0.25) is 0 Å². The van der Waals surface area contributed by atoms with E-state index in [1.54, 1.807) is 0 Å². The Labute approximate surface area is 230 Å². The van der Waals surface area contributed by atoms with Gasteiger partial charge >= 0.3 is 0 Å². The minimum Gasteiger partial charge on any atom is -0.370 e. The molecular weight excluding hydrogens is 478 g/mol. The summed E-state index contributed by atoms with van der Waals surface area (Å²) in [5, 5.41) is 13.8. The predicted molar refractivity (Wildman–Crippen MR) is 160 cm³/mol. The number of rotatable bonds is 7. The Morgan fingerprint density at radius 3 is 2.46 bits per heavy atom. The number of hydrogen-bond acceptors (Lipinski definition) is 5. The minimum atomic E-state index is 0.552. The zero-order valence-corrected chi connectivity index (χ0v) is 22.1. The van der Waals surface area contributed by atoms with Gasteiger partial charge in [-0.2, -0.15) is 5.26 Å². The molecule has 5 aromatic rings. The Morgan fingerprint density at radius 1 is 0.923 bits per heavy atom. The van der Waals surface area contributed by atoms with Crippen LogP contribution < -0.4 is 10.2 Å². The summed E-state index contributed by atoms with van der Waals surface area (Å²) >= 11 is 0. The van der Waals surface area contributed by atoms with E-state index in [0.717, 1.165) is 53.0 Å². The van der Waals surface area contributed by atoms with Gasteiger partial charge in [-0.3, -0.25) is 9.88 Å². The molecule has 39 heavy (non-hydrogen) atoms. The molecule has 5 nitrogen and oxygen atoms in total. The summed E-state index contributed by atoms with van der Waals surface area (Å²) in [6, 6.07) is 38.2. The van der Waals surface area contributed by atoms with Crippen molar-refractivity contribution in [3.8, 4) is 17.2 Å². The molecule has 6 rings (SSSR count). The van der Waals surface area contributed by atoms with Gasteiger partial charge in [0.15, 0.2) is 0 Å². The Bertz CT molecular complexity index is 1600. The number of aromatic nitrogens is 1. The van der Waals surface area contributed by atoms with Crippen LogP contribution >= 0.6 is 0 Å². The SMILES string of the molecule is CN(Cc1ccccc1)C1CCN(c2ccc(Nc3ccnc4ccc(-c5ccc(C#N)cc5)cc34)cc2)C1. The smallest absolute Gasteiger partial charge is 0.0991 e. The normalized spacial score (nSPS) is 15.0. The Hall–Kier alpha value is -4.66. The molecule has 0 aliphatic carbocycles. The van der Waals surface area contributed by atoms with Crippen molar-refractivity contribution in [3.63, 3.8) is 0 Å². The predicted octanol–water partition coefficient (Wildman–Crippen LogP) is 7.23. The van der Waals surface area contributed by atoms with Crippen LogP contribution in [0, 0.1) is 11.3 Å². The lowest BCUT2D eigenvalue weighted by molar-refractivity contribution is 0.250. The molecule has 0 spiro atoms. The molecule has 1 saturated heterocycles. The number of hydrogen-bond donors (Lipinski definition) is 1. The number of fused-ring (bicyclic) bond motifs is 1. The molecule has 1 aliphatic heterocycles. The molecule has 0 radical (unpaired) electrons. The quantitative estimate of drug-likeness (QED) is 0.251. The van der Waals surface area contributed by atoms with Crippen LogP contribution in [0.4, 0.5) is 17.1 Å². The first-order chi connectivity index (χ1) is 19.2. The largest absolute Gasteiger partial charge is 0.370 e. The topological polar surface area (TPSA) is 55.2 Å². The van der Waals surface area contributed by atoms with Crippen LogP contribution in [0.1, 0.15) is 17.5 Å². The number of nitriles is 1. The van der Waals surface area contributed by atoms with Crippen LogP contribution in [-0.2, 0) is 6.54 Å². The van der Waals surface area contributed by atoms with E-state index in [-0.39, 0.29) is 0 Å². The summed E-state index contributed by atoms with van der Waals surface area (Å²) in [4.78, 5) is 9.53. The molecular formula is C34H31N5. The third-order valence-electron chi connectivity index (χ3n) is 7.66. The van der Waals surface area contributed by atoms with Gasteiger partial charge in [-0.25, -0.2) is 0 Å². The van der Waals surface area contributed by atoms with Crippen molar-refractivity contribution in [3.05, 3.63) is 120 Å². The van der Waals surface area contributed by atoms with Gasteiger partial charge in [0.1, 0.15) is 0 Å². The number of anilines is 3. The number of nitrogens with one attached hydrogen (secondary N) is 1. The summed E-state index contributed by atoms with van der Waals surface area (Å²) in [5.74, 6) is 0. The monoisotopic (exact) mass is 509 g/mol. The van der Waals surface area contributed by atoms with E-state index in [9.17, 15) is 0 Å². The maximum atomic E-state index is 9.11. The zero-order valence-electron chi connectivity index (χ0n) is 22.1. The molecule has 4 aromatic carbocycles. The van der Waals surface area contributed by atoms with Gasteiger partial charge in [0.2, 0.25) is 0 Å². The highest BCUT2D eigenvalue weighted by Crippen LogP contribution is 2.31. The fourth-order valence-electron chi connectivity index (χ4n) is 5.42. The fourth-order valence-corrected chi connectivity index (χ4v) is 5.42. The minimum absolute atomic E-state index is 0.552. The molecule has 1 fully saturated rings. The lowest BCUT2D eigenvalue weighted by atomic mass is 10.0. The van der Waals surface area contributed by atoms with Crippen molar-refractivity contribution in [1.29, 1.82) is 5.26 Å². The molecule has 5 heteroatoms. The molecule has 192 valence electrons. The molecule has 1 aromatic heterocycles. The van der Waals surface area contributed by atoms with Crippen LogP contribution in [-0.4, -0.2) is 36.1 Å². The third kappa shape index (κ3) is 5.47. The van der Waals surface area contributed by atoms with Gasteiger partial charge < -0.3 is 10.2 Å². The molecule has 0 amide bonds. The molecule has 1 atom stereocenters. The van der Waals surface area contributed by atoms with E-state index in [2.05, 4.69) is 106 Å². The van der Waals surface area contributed by atoms with Crippen LogP contribution in [0.25, 0.3) is 22.0 Å². The lowest BCUT2D eigenvalue weighted by Gasteiger charge is -2.25. The first-order valence-electron chi connectivity index (χ1n) is 13.4. The highest BCUT2D eigenvalue weighted by molar-refractivity contribution is 5.95. The highest BCUT2D eigenvalue weighted by Gasteiger charge is 2.26. The Morgan fingerprint density at radius 2 is 1.69 bits per heavy atom. The lowest BCUT2D eigenvalue weighted by Crippen LogP contribution is -2.34. The third-order valence-corrected chi connectivity index (χ3v) is 7.66. The van der Waals surface area contributed by atoms with Gasteiger partial charge in [0.25, 0.3) is 0 Å². The average molecular weight is 510 g/mol. The second-order valence-electron chi connectivity index (χ2n) is 10.2. The van der Waals surface area contributed by atoms with Crippen molar-refractivity contribution in [2.75, 3.05) is 30.4 Å². The van der Waals surface area contributed by atoms with Crippen molar-refractivity contribution in [1.82, 2.24) is 9.88 Å². The number of likely N-dealkylation sites (N-methyl/N-ethyl adjacent to an activating group) is 1. The second-order valence-corrected chi connectivity index (χ2v) is 10.2. The molecule has 0 saturated carbocycles. The van der Waals surface area contributed by atoms with Crippen molar-refractivity contribution in [2.24, 2.45) is 0 Å². The Balaban J connectivity index is 1.15. The molecule has 1 N–H and O–H groups in total. The van der Waals surface area contributed by atoms with Crippen molar-refractivity contribution >= 4 is 28.0 Å². The van der Waals surface area contributed by atoms with E-state index in [0.29, 0.717) is 11.6 Å².